The van der Waals surface area contributed by atoms with Gasteiger partial charge in [-0.05, 0) is 87.7 Å². The van der Waals surface area contributed by atoms with Crippen LogP contribution in [0.1, 0.15) is 43.5 Å². The van der Waals surface area contributed by atoms with Gasteiger partial charge in [-0.1, -0.05) is 18.2 Å². The summed E-state index contributed by atoms with van der Waals surface area (Å²) in [6.45, 7) is 9.55. The van der Waals surface area contributed by atoms with Gasteiger partial charge < -0.3 is 20.3 Å². The summed E-state index contributed by atoms with van der Waals surface area (Å²) in [6.07, 6.45) is 2.10. The van der Waals surface area contributed by atoms with Gasteiger partial charge in [0.1, 0.15) is 4.90 Å². The van der Waals surface area contributed by atoms with Crippen LogP contribution in [-0.2, 0) is 24.6 Å². The van der Waals surface area contributed by atoms with Crippen molar-refractivity contribution < 1.29 is 39.5 Å². The maximum Gasteiger partial charge on any atom is 0.501 e. The minimum atomic E-state index is -6.03. The Morgan fingerprint density at radius 3 is 2.21 bits per heavy atom. The second-order valence-corrected chi connectivity index (χ2v) is 18.1. The maximum atomic E-state index is 14.1. The molecule has 1 atom stereocenters. The molecular formula is C36H46F3N5O6S3. The summed E-state index contributed by atoms with van der Waals surface area (Å²) < 4.78 is 102. The molecule has 0 radical (unpaired) electrons. The molecule has 0 aliphatic carbocycles. The fraction of sp³-hybridized carbons (Fsp3) is 0.472. The lowest BCUT2D eigenvalue weighted by molar-refractivity contribution is -0.0435. The number of rotatable bonds is 15. The van der Waals surface area contributed by atoms with Crippen LogP contribution in [0, 0.1) is 0 Å². The number of alkyl halides is 3. The molecular weight excluding hydrogens is 752 g/mol. The zero-order valence-electron chi connectivity index (χ0n) is 29.6. The number of piperazine rings is 1. The number of sulfonamides is 1. The van der Waals surface area contributed by atoms with E-state index < -0.39 is 47.1 Å². The molecule has 3 N–H and O–H groups in total. The summed E-state index contributed by atoms with van der Waals surface area (Å²) >= 11 is 1.47. The number of carbonyl (C=O) groups excluding carboxylic acids is 1. The van der Waals surface area contributed by atoms with Gasteiger partial charge in [-0.3, -0.25) is 9.69 Å². The van der Waals surface area contributed by atoms with Gasteiger partial charge in [0.15, 0.2) is 0 Å². The van der Waals surface area contributed by atoms with Crippen molar-refractivity contribution in [2.75, 3.05) is 62.3 Å². The van der Waals surface area contributed by atoms with E-state index in [1.54, 1.807) is 12.1 Å². The number of sulfone groups is 1. The quantitative estimate of drug-likeness (QED) is 0.164. The smallest absolute Gasteiger partial charge is 0.382 e. The van der Waals surface area contributed by atoms with Crippen LogP contribution in [0.4, 0.5) is 24.5 Å². The number of carbonyl (C=O) groups is 1. The highest BCUT2D eigenvalue weighted by molar-refractivity contribution is 7.99. The monoisotopic (exact) mass is 797 g/mol. The van der Waals surface area contributed by atoms with E-state index in [4.69, 9.17) is 4.74 Å². The molecule has 2 aliphatic rings. The Morgan fingerprint density at radius 2 is 1.58 bits per heavy atom. The second kappa shape index (κ2) is 17.9. The first kappa shape index (κ1) is 40.8. The van der Waals surface area contributed by atoms with Crippen molar-refractivity contribution in [2.45, 2.75) is 71.4 Å². The van der Waals surface area contributed by atoms with Gasteiger partial charge in [0.05, 0.1) is 10.6 Å². The molecule has 0 bridgehead atoms. The average Bonchev–Trinajstić information content (AvgIpc) is 3.13. The van der Waals surface area contributed by atoms with Crippen LogP contribution in [0.15, 0.2) is 87.5 Å². The van der Waals surface area contributed by atoms with Crippen LogP contribution in [0.3, 0.4) is 0 Å². The lowest BCUT2D eigenvalue weighted by atomic mass is 10.1. The van der Waals surface area contributed by atoms with Crippen LogP contribution < -0.4 is 15.4 Å². The topological polar surface area (TPSA) is 137 Å². The first-order valence-corrected chi connectivity index (χ1v) is 21.5. The van der Waals surface area contributed by atoms with Crippen LogP contribution in [0.25, 0.3) is 0 Å². The molecule has 0 unspecified atom stereocenters. The SMILES string of the molecule is CC(C)N1CCN(CC[C@H](CSc2ccccc2)Nc2ccc(S(=O)(=O)NC(=O)c3ccc(NC4CCOCC4)cc3)cc2S(=O)(=O)C(F)(F)F)CC1. The minimum absolute atomic E-state index is 0.0168. The lowest BCUT2D eigenvalue weighted by Crippen LogP contribution is -2.49. The maximum absolute atomic E-state index is 14.1. The fourth-order valence-corrected chi connectivity index (χ4v) is 9.16. The Balaban J connectivity index is 1.35. The summed E-state index contributed by atoms with van der Waals surface area (Å²) in [6, 6.07) is 18.0. The van der Waals surface area contributed by atoms with E-state index in [1.165, 1.54) is 23.9 Å². The molecule has 2 fully saturated rings. The predicted octanol–water partition coefficient (Wildman–Crippen LogP) is 5.68. The number of hydrogen-bond acceptors (Lipinski definition) is 11. The van der Waals surface area contributed by atoms with Gasteiger partial charge in [-0.25, -0.2) is 21.6 Å². The van der Waals surface area contributed by atoms with Crippen molar-refractivity contribution in [1.29, 1.82) is 0 Å². The van der Waals surface area contributed by atoms with Crippen molar-refractivity contribution in [2.24, 2.45) is 0 Å². The second-order valence-electron chi connectivity index (χ2n) is 13.4. The van der Waals surface area contributed by atoms with E-state index in [9.17, 15) is 34.8 Å². The largest absolute Gasteiger partial charge is 0.501 e. The molecule has 2 aliphatic heterocycles. The van der Waals surface area contributed by atoms with Crippen LogP contribution in [0.5, 0.6) is 0 Å². The highest BCUT2D eigenvalue weighted by Gasteiger charge is 2.48. The molecule has 5 rings (SSSR count). The Morgan fingerprint density at radius 1 is 0.925 bits per heavy atom. The van der Waals surface area contributed by atoms with Crippen molar-refractivity contribution in [3.63, 3.8) is 0 Å². The number of amides is 1. The fourth-order valence-electron chi connectivity index (χ4n) is 6.14. The summed E-state index contributed by atoms with van der Waals surface area (Å²) in [5.74, 6) is -0.640. The third-order valence-corrected chi connectivity index (χ3v) is 13.3. The molecule has 2 saturated heterocycles. The normalized spacial score (nSPS) is 17.4. The molecule has 17 heteroatoms. The van der Waals surface area contributed by atoms with Gasteiger partial charge in [-0.15, -0.1) is 11.8 Å². The highest BCUT2D eigenvalue weighted by atomic mass is 32.2. The third-order valence-electron chi connectivity index (χ3n) is 9.31. The summed E-state index contributed by atoms with van der Waals surface area (Å²) in [5.41, 5.74) is -5.41. The Kier molecular flexibility index (Phi) is 13.8. The van der Waals surface area contributed by atoms with Gasteiger partial charge >= 0.3 is 5.51 Å². The molecule has 0 aromatic heterocycles. The number of benzene rings is 3. The molecule has 3 aromatic rings. The van der Waals surface area contributed by atoms with E-state index in [-0.39, 0.29) is 17.3 Å². The number of nitrogens with zero attached hydrogens (tertiary/aromatic N) is 2. The number of nitrogens with one attached hydrogen (secondary N) is 3. The minimum Gasteiger partial charge on any atom is -0.382 e. The van der Waals surface area contributed by atoms with E-state index >= 15 is 0 Å². The van der Waals surface area contributed by atoms with E-state index in [2.05, 4.69) is 34.3 Å². The number of ether oxygens (including phenoxy) is 1. The molecule has 53 heavy (non-hydrogen) atoms. The summed E-state index contributed by atoms with van der Waals surface area (Å²) in [4.78, 5) is 16.5. The van der Waals surface area contributed by atoms with Gasteiger partial charge in [0.25, 0.3) is 25.8 Å². The Bertz CT molecular complexity index is 1890. The molecule has 290 valence electrons. The molecule has 0 spiro atoms. The van der Waals surface area contributed by atoms with Crippen LogP contribution in [-0.4, -0.2) is 108 Å². The predicted molar refractivity (Wildman–Crippen MR) is 201 cm³/mol. The number of halogens is 3. The van der Waals surface area contributed by atoms with Gasteiger partial charge in [0, 0.05) is 86.0 Å². The van der Waals surface area contributed by atoms with Crippen molar-refractivity contribution in [3.05, 3.63) is 78.4 Å². The molecule has 1 amide bonds. The lowest BCUT2D eigenvalue weighted by Gasteiger charge is -2.37. The third kappa shape index (κ3) is 11.1. The number of anilines is 2. The summed E-state index contributed by atoms with van der Waals surface area (Å²) in [7, 11) is -10.8. The van der Waals surface area contributed by atoms with Crippen LogP contribution >= 0.6 is 11.8 Å². The number of hydrogen-bond donors (Lipinski definition) is 3. The summed E-state index contributed by atoms with van der Waals surface area (Å²) in [5, 5.41) is 6.34. The van der Waals surface area contributed by atoms with E-state index in [0.717, 1.165) is 61.7 Å². The van der Waals surface area contributed by atoms with Gasteiger partial charge in [0.2, 0.25) is 0 Å². The average molecular weight is 798 g/mol. The Labute approximate surface area is 314 Å². The molecule has 3 aromatic carbocycles. The van der Waals surface area contributed by atoms with Gasteiger partial charge in [-0.2, -0.15) is 13.2 Å². The van der Waals surface area contributed by atoms with Crippen molar-refractivity contribution in [1.82, 2.24) is 14.5 Å². The molecule has 2 heterocycles. The zero-order chi connectivity index (χ0) is 38.2. The van der Waals surface area contributed by atoms with Crippen molar-refractivity contribution in [3.8, 4) is 0 Å². The molecule has 11 nitrogen and oxygen atoms in total. The molecule has 0 saturated carbocycles. The number of thioether (sulfide) groups is 1. The highest BCUT2D eigenvalue weighted by Crippen LogP contribution is 2.36. The first-order valence-electron chi connectivity index (χ1n) is 17.5. The van der Waals surface area contributed by atoms with E-state index in [1.807, 2.05) is 35.1 Å². The standard InChI is InChI=1S/C36H46F3N5O6S3/c1-26(2)44-20-18-43(19-21-44)17-14-30(25-51-31-6-4-3-5-7-31)41-33-13-12-32(24-34(33)52(46,47)36(37,38)39)53(48,49)42-35(45)27-8-10-28(11-9-27)40-29-15-22-50-23-16-29/h3-13,24,26,29-30,40-41H,14-23,25H2,1-2H3,(H,42,45)/t30-/m1/s1. The zero-order valence-corrected chi connectivity index (χ0v) is 32.1. The Hall–Kier alpha value is -3.35. The van der Waals surface area contributed by atoms with E-state index in [0.29, 0.717) is 44.0 Å². The van der Waals surface area contributed by atoms with Crippen molar-refractivity contribution >= 4 is 48.9 Å². The first-order chi connectivity index (χ1) is 25.1. The van der Waals surface area contributed by atoms with Crippen LogP contribution in [0.2, 0.25) is 0 Å².